The lowest BCUT2D eigenvalue weighted by atomic mass is 10.0. The van der Waals surface area contributed by atoms with Gasteiger partial charge < -0.3 is 4.40 Å². The molecule has 0 saturated carbocycles. The van der Waals surface area contributed by atoms with Crippen LogP contribution in [0.1, 0.15) is 11.3 Å². The molecular weight excluding hydrogens is 328 g/mol. The molecule has 3 heterocycles. The summed E-state index contributed by atoms with van der Waals surface area (Å²) in [5.41, 5.74) is 7.17. The third kappa shape index (κ3) is 1.87. The third-order valence-corrected chi connectivity index (χ3v) is 5.72. The lowest BCUT2D eigenvalue weighted by Gasteiger charge is -2.12. The Morgan fingerprint density at radius 2 is 1.37 bits per heavy atom. The van der Waals surface area contributed by atoms with Crippen LogP contribution < -0.4 is 0 Å². The topological polar surface area (TPSA) is 17.3 Å². The molecule has 3 aromatic heterocycles. The van der Waals surface area contributed by atoms with Gasteiger partial charge in [-0.3, -0.25) is 4.98 Å². The van der Waals surface area contributed by atoms with Crippen LogP contribution >= 0.6 is 0 Å². The van der Waals surface area contributed by atoms with E-state index in [2.05, 4.69) is 91.0 Å². The Kier molecular flexibility index (Phi) is 2.77. The zero-order valence-corrected chi connectivity index (χ0v) is 15.3. The van der Waals surface area contributed by atoms with E-state index >= 15 is 0 Å². The highest BCUT2D eigenvalue weighted by Crippen LogP contribution is 2.37. The molecule has 0 radical (unpaired) electrons. The SMILES string of the molecule is Cc1ccc2c(c1)c1ccccc1c1cc3c(C)nc4ccccc4c3n21. The molecule has 6 aromatic rings. The number of rotatable bonds is 0. The predicted molar refractivity (Wildman–Crippen MR) is 115 cm³/mol. The van der Waals surface area contributed by atoms with E-state index in [0.717, 1.165) is 11.2 Å². The van der Waals surface area contributed by atoms with E-state index in [9.17, 15) is 0 Å². The molecule has 0 atom stereocenters. The summed E-state index contributed by atoms with van der Waals surface area (Å²) >= 11 is 0. The minimum absolute atomic E-state index is 1.05. The summed E-state index contributed by atoms with van der Waals surface area (Å²) in [5, 5.41) is 6.33. The Morgan fingerprint density at radius 1 is 0.630 bits per heavy atom. The highest BCUT2D eigenvalue weighted by Gasteiger charge is 2.16. The Labute approximate surface area is 156 Å². The molecule has 2 nitrogen and oxygen atoms in total. The second-order valence-corrected chi connectivity index (χ2v) is 7.41. The molecular formula is C25H18N2. The van der Waals surface area contributed by atoms with Crippen molar-refractivity contribution in [1.82, 2.24) is 9.38 Å². The van der Waals surface area contributed by atoms with E-state index in [1.807, 2.05) is 0 Å². The Hall–Kier alpha value is -3.39. The maximum absolute atomic E-state index is 4.86. The number of benzene rings is 3. The highest BCUT2D eigenvalue weighted by atomic mass is 14.9. The van der Waals surface area contributed by atoms with Crippen molar-refractivity contribution >= 4 is 49.0 Å². The quantitative estimate of drug-likeness (QED) is 0.285. The van der Waals surface area contributed by atoms with Crippen molar-refractivity contribution in [2.24, 2.45) is 0 Å². The molecule has 0 N–H and O–H groups in total. The molecule has 0 bridgehead atoms. The van der Waals surface area contributed by atoms with Gasteiger partial charge in [0.25, 0.3) is 0 Å². The standard InChI is InChI=1S/C25H18N2/c1-15-11-12-23-21(13-15)17-7-3-4-8-18(17)24-14-20-16(2)26-22-10-6-5-9-19(22)25(20)27(23)24/h3-14H,1-2H3. The van der Waals surface area contributed by atoms with Crippen LogP contribution in [0.4, 0.5) is 0 Å². The van der Waals surface area contributed by atoms with Gasteiger partial charge in [-0.15, -0.1) is 0 Å². The summed E-state index contributed by atoms with van der Waals surface area (Å²) < 4.78 is 2.43. The molecule has 0 aliphatic heterocycles. The van der Waals surface area contributed by atoms with Crippen molar-refractivity contribution in [3.8, 4) is 0 Å². The summed E-state index contributed by atoms with van der Waals surface area (Å²) in [7, 11) is 0. The van der Waals surface area contributed by atoms with Crippen molar-refractivity contribution in [3.05, 3.63) is 84.1 Å². The summed E-state index contributed by atoms with van der Waals surface area (Å²) in [5.74, 6) is 0. The number of aryl methyl sites for hydroxylation is 2. The van der Waals surface area contributed by atoms with Crippen molar-refractivity contribution in [2.45, 2.75) is 13.8 Å². The smallest absolute Gasteiger partial charge is 0.0726 e. The second kappa shape index (κ2) is 5.08. The molecule has 0 aliphatic rings. The highest BCUT2D eigenvalue weighted by molar-refractivity contribution is 6.18. The average molecular weight is 346 g/mol. The molecule has 128 valence electrons. The summed E-state index contributed by atoms with van der Waals surface area (Å²) in [4.78, 5) is 4.86. The van der Waals surface area contributed by atoms with E-state index in [0.29, 0.717) is 0 Å². The molecule has 0 spiro atoms. The van der Waals surface area contributed by atoms with Gasteiger partial charge in [-0.05, 0) is 43.5 Å². The largest absolute Gasteiger partial charge is 0.308 e. The molecule has 27 heavy (non-hydrogen) atoms. The lowest BCUT2D eigenvalue weighted by Crippen LogP contribution is -1.93. The number of hydrogen-bond donors (Lipinski definition) is 0. The van der Waals surface area contributed by atoms with E-state index < -0.39 is 0 Å². The van der Waals surface area contributed by atoms with Gasteiger partial charge in [0.2, 0.25) is 0 Å². The zero-order chi connectivity index (χ0) is 18.1. The maximum atomic E-state index is 4.86. The van der Waals surface area contributed by atoms with Crippen molar-refractivity contribution in [1.29, 1.82) is 0 Å². The van der Waals surface area contributed by atoms with E-state index in [1.165, 1.54) is 49.0 Å². The molecule has 0 saturated heterocycles. The number of para-hydroxylation sites is 1. The normalized spacial score (nSPS) is 12.1. The van der Waals surface area contributed by atoms with Crippen LogP contribution in [0.25, 0.3) is 49.0 Å². The fraction of sp³-hybridized carbons (Fsp3) is 0.0800. The first kappa shape index (κ1) is 14.7. The zero-order valence-electron chi connectivity index (χ0n) is 15.3. The van der Waals surface area contributed by atoms with Crippen LogP contribution in [0.2, 0.25) is 0 Å². The maximum Gasteiger partial charge on any atom is 0.0726 e. The number of fused-ring (bicyclic) bond motifs is 10. The first-order chi connectivity index (χ1) is 13.2. The molecule has 0 fully saturated rings. The number of hydrogen-bond acceptors (Lipinski definition) is 1. The van der Waals surface area contributed by atoms with Gasteiger partial charge in [0.15, 0.2) is 0 Å². The summed E-state index contributed by atoms with van der Waals surface area (Å²) in [6, 6.07) is 26.3. The molecule has 0 aliphatic carbocycles. The minimum Gasteiger partial charge on any atom is -0.308 e. The first-order valence-corrected chi connectivity index (χ1v) is 9.34. The monoisotopic (exact) mass is 346 g/mol. The molecule has 2 heteroatoms. The van der Waals surface area contributed by atoms with Crippen LogP contribution in [-0.2, 0) is 0 Å². The Bertz CT molecular complexity index is 1540. The second-order valence-electron chi connectivity index (χ2n) is 7.41. The minimum atomic E-state index is 1.05. The van der Waals surface area contributed by atoms with Crippen LogP contribution in [0, 0.1) is 13.8 Å². The fourth-order valence-corrected chi connectivity index (χ4v) is 4.51. The van der Waals surface area contributed by atoms with E-state index in [4.69, 9.17) is 4.98 Å². The van der Waals surface area contributed by atoms with Crippen LogP contribution in [0.5, 0.6) is 0 Å². The van der Waals surface area contributed by atoms with Gasteiger partial charge >= 0.3 is 0 Å². The summed E-state index contributed by atoms with van der Waals surface area (Å²) in [6.45, 7) is 4.28. The van der Waals surface area contributed by atoms with Crippen molar-refractivity contribution in [2.75, 3.05) is 0 Å². The third-order valence-electron chi connectivity index (χ3n) is 5.72. The number of pyridine rings is 2. The lowest BCUT2D eigenvalue weighted by molar-refractivity contribution is 1.28. The van der Waals surface area contributed by atoms with Gasteiger partial charge in [0, 0.05) is 27.2 Å². The molecule has 3 aromatic carbocycles. The van der Waals surface area contributed by atoms with Gasteiger partial charge in [-0.2, -0.15) is 0 Å². The summed E-state index contributed by atoms with van der Waals surface area (Å²) in [6.07, 6.45) is 0. The van der Waals surface area contributed by atoms with Gasteiger partial charge in [-0.25, -0.2) is 0 Å². The number of aromatic nitrogens is 2. The van der Waals surface area contributed by atoms with Crippen molar-refractivity contribution in [3.63, 3.8) is 0 Å². The van der Waals surface area contributed by atoms with Gasteiger partial charge in [0.1, 0.15) is 0 Å². The van der Waals surface area contributed by atoms with E-state index in [1.54, 1.807) is 0 Å². The number of nitrogens with zero attached hydrogens (tertiary/aromatic N) is 2. The first-order valence-electron chi connectivity index (χ1n) is 9.34. The van der Waals surface area contributed by atoms with E-state index in [-0.39, 0.29) is 0 Å². The predicted octanol–water partition coefficient (Wildman–Crippen LogP) is 6.56. The fourth-order valence-electron chi connectivity index (χ4n) is 4.51. The Morgan fingerprint density at radius 3 is 2.22 bits per heavy atom. The van der Waals surface area contributed by atoms with Crippen LogP contribution in [-0.4, -0.2) is 9.38 Å². The van der Waals surface area contributed by atoms with Crippen LogP contribution in [0.15, 0.2) is 72.8 Å². The molecule has 6 rings (SSSR count). The average Bonchev–Trinajstić information content (AvgIpc) is 3.10. The van der Waals surface area contributed by atoms with Gasteiger partial charge in [0.05, 0.1) is 22.1 Å². The molecule has 0 unspecified atom stereocenters. The van der Waals surface area contributed by atoms with Gasteiger partial charge in [-0.1, -0.05) is 54.1 Å². The van der Waals surface area contributed by atoms with Crippen molar-refractivity contribution < 1.29 is 0 Å². The Balaban J connectivity index is 2.05. The molecule has 0 amide bonds. The van der Waals surface area contributed by atoms with Crippen LogP contribution in [0.3, 0.4) is 0 Å².